The van der Waals surface area contributed by atoms with Gasteiger partial charge in [-0.15, -0.1) is 0 Å². The third kappa shape index (κ3) is 3.24. The summed E-state index contributed by atoms with van der Waals surface area (Å²) < 4.78 is 5.36. The van der Waals surface area contributed by atoms with Crippen molar-refractivity contribution >= 4 is 17.5 Å². The standard InChI is InChI=1S/C18H24ClNO2/c1-20(11-15-9-16(19)5-6-17(15)22-2)18(21)10-14-8-12-3-4-13(14)7-12/h5-6,9,12-14H,3-4,7-8,10-11H2,1-2H3. The number of halogens is 1. The summed E-state index contributed by atoms with van der Waals surface area (Å²) in [7, 11) is 3.51. The topological polar surface area (TPSA) is 29.5 Å². The molecule has 0 saturated heterocycles. The number of fused-ring (bicyclic) bond motifs is 2. The van der Waals surface area contributed by atoms with Crippen molar-refractivity contribution in [3.05, 3.63) is 28.8 Å². The highest BCUT2D eigenvalue weighted by Gasteiger charge is 2.40. The molecule has 1 amide bonds. The van der Waals surface area contributed by atoms with E-state index in [0.717, 1.165) is 23.1 Å². The maximum Gasteiger partial charge on any atom is 0.222 e. The van der Waals surface area contributed by atoms with Crippen LogP contribution < -0.4 is 4.74 Å². The number of methoxy groups -OCH3 is 1. The lowest BCUT2D eigenvalue weighted by atomic mass is 9.86. The van der Waals surface area contributed by atoms with Crippen molar-refractivity contribution < 1.29 is 9.53 Å². The van der Waals surface area contributed by atoms with E-state index in [9.17, 15) is 4.79 Å². The molecule has 120 valence electrons. The molecule has 3 atom stereocenters. The third-order valence-electron chi connectivity index (χ3n) is 5.40. The summed E-state index contributed by atoms with van der Waals surface area (Å²) in [5.74, 6) is 3.31. The minimum Gasteiger partial charge on any atom is -0.496 e. The predicted molar refractivity (Wildman–Crippen MR) is 88.0 cm³/mol. The van der Waals surface area contributed by atoms with Crippen LogP contribution in [0.15, 0.2) is 18.2 Å². The van der Waals surface area contributed by atoms with Crippen LogP contribution in [0.5, 0.6) is 5.75 Å². The largest absolute Gasteiger partial charge is 0.496 e. The Morgan fingerprint density at radius 3 is 2.82 bits per heavy atom. The van der Waals surface area contributed by atoms with E-state index in [2.05, 4.69) is 0 Å². The van der Waals surface area contributed by atoms with E-state index < -0.39 is 0 Å². The molecule has 0 radical (unpaired) electrons. The third-order valence-corrected chi connectivity index (χ3v) is 5.63. The highest BCUT2D eigenvalue weighted by atomic mass is 35.5. The molecule has 2 bridgehead atoms. The Morgan fingerprint density at radius 1 is 1.36 bits per heavy atom. The van der Waals surface area contributed by atoms with Crippen molar-refractivity contribution in [3.8, 4) is 5.75 Å². The van der Waals surface area contributed by atoms with Crippen LogP contribution in [0.3, 0.4) is 0 Å². The first kappa shape index (κ1) is 15.7. The zero-order chi connectivity index (χ0) is 15.7. The molecular weight excluding hydrogens is 298 g/mol. The van der Waals surface area contributed by atoms with E-state index in [1.165, 1.54) is 25.7 Å². The van der Waals surface area contributed by atoms with Crippen LogP contribution in [0.4, 0.5) is 0 Å². The summed E-state index contributed by atoms with van der Waals surface area (Å²) in [5, 5.41) is 0.671. The summed E-state index contributed by atoms with van der Waals surface area (Å²) >= 11 is 6.06. The molecule has 1 aromatic rings. The molecule has 22 heavy (non-hydrogen) atoms. The molecule has 0 heterocycles. The van der Waals surface area contributed by atoms with Crippen LogP contribution in [0.2, 0.25) is 5.02 Å². The number of benzene rings is 1. The second-order valence-corrected chi connectivity index (χ2v) is 7.28. The van der Waals surface area contributed by atoms with Crippen LogP contribution >= 0.6 is 11.6 Å². The Kier molecular flexibility index (Phi) is 4.62. The number of hydrogen-bond acceptors (Lipinski definition) is 2. The Balaban J connectivity index is 1.60. The van der Waals surface area contributed by atoms with E-state index in [4.69, 9.17) is 16.3 Å². The highest BCUT2D eigenvalue weighted by molar-refractivity contribution is 6.30. The van der Waals surface area contributed by atoms with Crippen LogP contribution in [-0.4, -0.2) is 25.0 Å². The van der Waals surface area contributed by atoms with E-state index >= 15 is 0 Å². The zero-order valence-electron chi connectivity index (χ0n) is 13.3. The molecule has 2 saturated carbocycles. The molecule has 0 aromatic heterocycles. The molecule has 4 heteroatoms. The highest BCUT2D eigenvalue weighted by Crippen LogP contribution is 2.49. The van der Waals surface area contributed by atoms with Gasteiger partial charge < -0.3 is 9.64 Å². The molecule has 1 aromatic carbocycles. The Bertz CT molecular complexity index is 560. The molecule has 2 fully saturated rings. The van der Waals surface area contributed by atoms with Gasteiger partial charge in [-0.2, -0.15) is 0 Å². The van der Waals surface area contributed by atoms with Gasteiger partial charge in [0.15, 0.2) is 0 Å². The van der Waals surface area contributed by atoms with Gasteiger partial charge in [-0.25, -0.2) is 0 Å². The number of carbonyl (C=O) groups is 1. The summed E-state index contributed by atoms with van der Waals surface area (Å²) in [6.07, 6.45) is 6.01. The molecule has 2 aliphatic carbocycles. The molecule has 2 aliphatic rings. The summed E-state index contributed by atoms with van der Waals surface area (Å²) in [5.41, 5.74) is 0.957. The van der Waals surface area contributed by atoms with Gasteiger partial charge in [0.05, 0.1) is 7.11 Å². The fourth-order valence-electron chi connectivity index (χ4n) is 4.22. The quantitative estimate of drug-likeness (QED) is 0.816. The number of carbonyl (C=O) groups excluding carboxylic acids is 1. The average Bonchev–Trinajstić information content (AvgIpc) is 3.10. The van der Waals surface area contributed by atoms with E-state index in [1.807, 2.05) is 19.2 Å². The normalized spacial score (nSPS) is 26.2. The lowest BCUT2D eigenvalue weighted by Gasteiger charge is -2.25. The minimum atomic E-state index is 0.236. The smallest absolute Gasteiger partial charge is 0.222 e. The molecule has 3 unspecified atom stereocenters. The number of amides is 1. The summed E-state index contributed by atoms with van der Waals surface area (Å²) in [6, 6.07) is 5.54. The Morgan fingerprint density at radius 2 is 2.18 bits per heavy atom. The van der Waals surface area contributed by atoms with Crippen molar-refractivity contribution in [2.45, 2.75) is 38.6 Å². The van der Waals surface area contributed by atoms with Gasteiger partial charge in [0.25, 0.3) is 0 Å². The van der Waals surface area contributed by atoms with Gasteiger partial charge in [-0.05, 0) is 55.2 Å². The van der Waals surface area contributed by atoms with Crippen molar-refractivity contribution in [2.24, 2.45) is 17.8 Å². The molecule has 3 nitrogen and oxygen atoms in total. The Labute approximate surface area is 137 Å². The SMILES string of the molecule is COc1ccc(Cl)cc1CN(C)C(=O)CC1CC2CCC1C2. The maximum absolute atomic E-state index is 12.5. The first-order valence-corrected chi connectivity index (χ1v) is 8.51. The number of ether oxygens (including phenoxy) is 1. The number of rotatable bonds is 5. The van der Waals surface area contributed by atoms with Crippen molar-refractivity contribution in [2.75, 3.05) is 14.2 Å². The van der Waals surface area contributed by atoms with Gasteiger partial charge in [0.2, 0.25) is 5.91 Å². The molecular formula is C18H24ClNO2. The molecule has 0 spiro atoms. The van der Waals surface area contributed by atoms with E-state index in [0.29, 0.717) is 23.9 Å². The van der Waals surface area contributed by atoms with Crippen LogP contribution in [0.25, 0.3) is 0 Å². The fraction of sp³-hybridized carbons (Fsp3) is 0.611. The lowest BCUT2D eigenvalue weighted by molar-refractivity contribution is -0.131. The van der Waals surface area contributed by atoms with E-state index in [1.54, 1.807) is 18.1 Å². The van der Waals surface area contributed by atoms with Gasteiger partial charge in [-0.1, -0.05) is 18.0 Å². The lowest BCUT2D eigenvalue weighted by Crippen LogP contribution is -2.29. The van der Waals surface area contributed by atoms with Crippen molar-refractivity contribution in [1.82, 2.24) is 4.90 Å². The van der Waals surface area contributed by atoms with Crippen LogP contribution in [-0.2, 0) is 11.3 Å². The first-order valence-electron chi connectivity index (χ1n) is 8.13. The zero-order valence-corrected chi connectivity index (χ0v) is 14.1. The predicted octanol–water partition coefficient (Wildman–Crippen LogP) is 4.13. The Hall–Kier alpha value is -1.22. The summed E-state index contributed by atoms with van der Waals surface area (Å²) in [4.78, 5) is 14.3. The monoisotopic (exact) mass is 321 g/mol. The van der Waals surface area contributed by atoms with Gasteiger partial charge in [0.1, 0.15) is 5.75 Å². The van der Waals surface area contributed by atoms with Crippen LogP contribution in [0, 0.1) is 17.8 Å². The minimum absolute atomic E-state index is 0.236. The second-order valence-electron chi connectivity index (χ2n) is 6.85. The molecule has 3 rings (SSSR count). The molecule has 0 N–H and O–H groups in total. The van der Waals surface area contributed by atoms with Crippen molar-refractivity contribution in [1.29, 1.82) is 0 Å². The number of nitrogens with zero attached hydrogens (tertiary/aromatic N) is 1. The van der Waals surface area contributed by atoms with Gasteiger partial charge in [0, 0.05) is 30.6 Å². The fourth-order valence-corrected chi connectivity index (χ4v) is 4.42. The second kappa shape index (κ2) is 6.49. The molecule has 0 aliphatic heterocycles. The number of hydrogen-bond donors (Lipinski definition) is 0. The van der Waals surface area contributed by atoms with Gasteiger partial charge >= 0.3 is 0 Å². The van der Waals surface area contributed by atoms with Crippen molar-refractivity contribution in [3.63, 3.8) is 0 Å². The van der Waals surface area contributed by atoms with E-state index in [-0.39, 0.29) is 5.91 Å². The summed E-state index contributed by atoms with van der Waals surface area (Å²) in [6.45, 7) is 0.545. The van der Waals surface area contributed by atoms with Crippen LogP contribution in [0.1, 0.15) is 37.7 Å². The van der Waals surface area contributed by atoms with Gasteiger partial charge in [-0.3, -0.25) is 4.79 Å². The first-order chi connectivity index (χ1) is 10.6. The average molecular weight is 322 g/mol. The maximum atomic E-state index is 12.5.